The minimum atomic E-state index is -1.36. The number of carbonyl (C=O) groups excluding carboxylic acids is 5. The zero-order valence-electron chi connectivity index (χ0n) is 24.8. The maximum Gasteiger partial charge on any atom is 1.00 e. The smallest absolute Gasteiger partial charge is 0.550 e. The molecule has 0 unspecified atom stereocenters. The van der Waals surface area contributed by atoms with E-state index in [2.05, 4.69) is 13.5 Å². The second-order valence-electron chi connectivity index (χ2n) is 10.8. The molecule has 3 aliphatic rings. The number of rotatable bonds is 11. The predicted molar refractivity (Wildman–Crippen MR) is 136 cm³/mol. The van der Waals surface area contributed by atoms with Gasteiger partial charge in [-0.2, -0.15) is 0 Å². The summed E-state index contributed by atoms with van der Waals surface area (Å²) in [4.78, 5) is 58.3. The quantitative estimate of drug-likeness (QED) is 0.0910. The maximum atomic E-state index is 12.5. The third kappa shape index (κ3) is 10.6. The van der Waals surface area contributed by atoms with Gasteiger partial charge in [0.1, 0.15) is 19.3 Å². The van der Waals surface area contributed by atoms with Gasteiger partial charge in [0.05, 0.1) is 18.4 Å². The SMILES string of the molecule is C=C1CC[C@@H]2[C@](C)(COC(=O)CCC(=O)[O-])[C@H](OC(=O)CCC(=O)[O-])CC[C@@]2(C)[C@@H]1/C=C/C1=CCOC1=O.O.O.[K+].[Na+]. The molecule has 14 heteroatoms. The van der Waals surface area contributed by atoms with E-state index in [1.807, 2.05) is 13.0 Å². The fraction of sp³-hybridized carbons (Fsp3) is 0.607. The van der Waals surface area contributed by atoms with Crippen molar-refractivity contribution in [3.8, 4) is 0 Å². The van der Waals surface area contributed by atoms with Gasteiger partial charge in [0.2, 0.25) is 0 Å². The van der Waals surface area contributed by atoms with Crippen LogP contribution in [-0.2, 0) is 38.2 Å². The molecule has 0 aromatic rings. The Morgan fingerprint density at radius 3 is 2.19 bits per heavy atom. The molecule has 1 aliphatic heterocycles. The molecule has 5 atom stereocenters. The first kappa shape index (κ1) is 43.3. The van der Waals surface area contributed by atoms with E-state index in [1.54, 1.807) is 12.2 Å². The Labute approximate surface area is 310 Å². The standard InChI is InChI=1S/C28H36O10.K.Na.2H2O/c1-17-4-7-20-27(2,19(17)6-5-18-13-15-36-26(18)35)14-12-21(38-25(34)11-9-23(31)32)28(20,3)16-37-24(33)10-8-22(29)30;;;;/h5-6,13,19-21H,1,4,7-12,14-16H2,2-3H3,(H,29,30)(H,31,32);;;2*1H2/q;2*+1;;/p-2/b6-5+;;;;/t19-,20+,21-,27+,28+;;;;/m1..../s1. The number of ether oxygens (including phenoxy) is 3. The number of fused-ring (bicyclic) bond motifs is 1. The molecule has 224 valence electrons. The number of hydrogen-bond acceptors (Lipinski definition) is 10. The van der Waals surface area contributed by atoms with Crippen molar-refractivity contribution in [2.45, 2.75) is 71.3 Å². The van der Waals surface area contributed by atoms with Gasteiger partial charge in [0.15, 0.2) is 0 Å². The van der Waals surface area contributed by atoms with E-state index in [0.717, 1.165) is 5.57 Å². The molecule has 1 heterocycles. The van der Waals surface area contributed by atoms with Crippen LogP contribution in [-0.4, -0.2) is 60.1 Å². The van der Waals surface area contributed by atoms with E-state index < -0.39 is 48.2 Å². The molecule has 2 saturated carbocycles. The first-order valence-electron chi connectivity index (χ1n) is 12.8. The monoisotopic (exact) mass is 628 g/mol. The normalized spacial score (nSPS) is 27.9. The molecular formula is C28H38KNaO12. The molecule has 12 nitrogen and oxygen atoms in total. The van der Waals surface area contributed by atoms with Crippen LogP contribution in [0, 0.1) is 22.7 Å². The molecular weight excluding hydrogens is 590 g/mol. The second kappa shape index (κ2) is 18.8. The summed E-state index contributed by atoms with van der Waals surface area (Å²) in [5.41, 5.74) is 0.252. The van der Waals surface area contributed by atoms with Gasteiger partial charge in [-0.15, -0.1) is 0 Å². The summed E-state index contributed by atoms with van der Waals surface area (Å²) in [5.74, 6) is -4.71. The van der Waals surface area contributed by atoms with Crippen molar-refractivity contribution >= 4 is 29.8 Å². The Morgan fingerprint density at radius 1 is 1.05 bits per heavy atom. The summed E-state index contributed by atoms with van der Waals surface area (Å²) in [6, 6.07) is 0. The number of carboxylic acids is 2. The van der Waals surface area contributed by atoms with Crippen LogP contribution in [0.1, 0.15) is 65.2 Å². The van der Waals surface area contributed by atoms with E-state index in [4.69, 9.17) is 14.2 Å². The number of hydrogen-bond donors (Lipinski definition) is 0. The fourth-order valence-corrected chi connectivity index (χ4v) is 6.29. The molecule has 2 fully saturated rings. The Kier molecular flexibility index (Phi) is 19.4. The van der Waals surface area contributed by atoms with Crippen molar-refractivity contribution < 1.29 is 140 Å². The van der Waals surface area contributed by atoms with Crippen LogP contribution in [0.5, 0.6) is 0 Å². The van der Waals surface area contributed by atoms with Gasteiger partial charge in [0, 0.05) is 23.3 Å². The van der Waals surface area contributed by atoms with Crippen molar-refractivity contribution in [1.82, 2.24) is 0 Å². The van der Waals surface area contributed by atoms with Crippen LogP contribution >= 0.6 is 0 Å². The maximum absolute atomic E-state index is 12.5. The Morgan fingerprint density at radius 2 is 1.64 bits per heavy atom. The van der Waals surface area contributed by atoms with E-state index in [9.17, 15) is 34.2 Å². The Hall–Kier alpha value is -0.874. The van der Waals surface area contributed by atoms with E-state index in [1.165, 1.54) is 0 Å². The van der Waals surface area contributed by atoms with Crippen molar-refractivity contribution in [3.05, 3.63) is 36.0 Å². The summed E-state index contributed by atoms with van der Waals surface area (Å²) >= 11 is 0. The Bertz CT molecular complexity index is 1070. The molecule has 2 aliphatic carbocycles. The van der Waals surface area contributed by atoms with E-state index in [0.29, 0.717) is 31.3 Å². The van der Waals surface area contributed by atoms with Gasteiger partial charge in [-0.25, -0.2) is 4.79 Å². The molecule has 0 aromatic heterocycles. The molecule has 0 amide bonds. The summed E-state index contributed by atoms with van der Waals surface area (Å²) in [7, 11) is 0. The summed E-state index contributed by atoms with van der Waals surface area (Å²) in [6.07, 6.45) is 5.57. The van der Waals surface area contributed by atoms with Crippen LogP contribution in [0.25, 0.3) is 0 Å². The zero-order chi connectivity index (χ0) is 28.1. The van der Waals surface area contributed by atoms with Gasteiger partial charge in [-0.1, -0.05) is 38.2 Å². The topological polar surface area (TPSA) is 222 Å². The van der Waals surface area contributed by atoms with E-state index >= 15 is 0 Å². The minimum Gasteiger partial charge on any atom is -0.550 e. The minimum absolute atomic E-state index is 0. The summed E-state index contributed by atoms with van der Waals surface area (Å²) in [5, 5.41) is 21.6. The molecule has 4 N–H and O–H groups in total. The van der Waals surface area contributed by atoms with Gasteiger partial charge < -0.3 is 45.0 Å². The van der Waals surface area contributed by atoms with Crippen molar-refractivity contribution in [1.29, 1.82) is 0 Å². The predicted octanol–water partition coefficient (Wildman–Crippen LogP) is -6.71. The van der Waals surface area contributed by atoms with E-state index in [-0.39, 0.29) is 141 Å². The average molecular weight is 629 g/mol. The largest absolute Gasteiger partial charge is 1.00 e. The molecule has 0 saturated heterocycles. The van der Waals surface area contributed by atoms with Crippen LogP contribution < -0.4 is 91.2 Å². The van der Waals surface area contributed by atoms with Gasteiger partial charge >= 0.3 is 98.8 Å². The molecule has 0 radical (unpaired) electrons. The van der Waals surface area contributed by atoms with Crippen molar-refractivity contribution in [2.24, 2.45) is 22.7 Å². The third-order valence-corrected chi connectivity index (χ3v) is 8.28. The fourth-order valence-electron chi connectivity index (χ4n) is 6.29. The molecule has 0 bridgehead atoms. The number of esters is 3. The second-order valence-corrected chi connectivity index (χ2v) is 10.8. The van der Waals surface area contributed by atoms with Crippen molar-refractivity contribution in [3.63, 3.8) is 0 Å². The third-order valence-electron chi connectivity index (χ3n) is 8.28. The van der Waals surface area contributed by atoms with Crippen LogP contribution in [0.15, 0.2) is 36.0 Å². The molecule has 42 heavy (non-hydrogen) atoms. The van der Waals surface area contributed by atoms with Crippen LogP contribution in [0.4, 0.5) is 0 Å². The first-order chi connectivity index (χ1) is 17.9. The summed E-state index contributed by atoms with van der Waals surface area (Å²) in [6.45, 7) is 8.40. The summed E-state index contributed by atoms with van der Waals surface area (Å²) < 4.78 is 16.3. The number of allylic oxidation sites excluding steroid dienone is 2. The molecule has 3 rings (SSSR count). The number of carboxylic acid groups (broad SMARTS) is 2. The van der Waals surface area contributed by atoms with Crippen LogP contribution in [0.3, 0.4) is 0 Å². The average Bonchev–Trinajstić information content (AvgIpc) is 3.26. The van der Waals surface area contributed by atoms with Gasteiger partial charge in [-0.05, 0) is 55.9 Å². The zero-order valence-corrected chi connectivity index (χ0v) is 29.9. The van der Waals surface area contributed by atoms with Crippen LogP contribution in [0.2, 0.25) is 0 Å². The number of carbonyl (C=O) groups is 5. The van der Waals surface area contributed by atoms with Crippen molar-refractivity contribution in [2.75, 3.05) is 13.2 Å². The Balaban J connectivity index is 0. The number of aliphatic carboxylic acids is 2. The van der Waals surface area contributed by atoms with Gasteiger partial charge in [-0.3, -0.25) is 9.59 Å². The number of cyclic esters (lactones) is 1. The van der Waals surface area contributed by atoms with Gasteiger partial charge in [0.25, 0.3) is 0 Å². The molecule has 0 aromatic carbocycles. The first-order valence-corrected chi connectivity index (χ1v) is 12.8. The molecule has 0 spiro atoms.